The van der Waals surface area contributed by atoms with Gasteiger partial charge in [0.1, 0.15) is 5.75 Å². The van der Waals surface area contributed by atoms with Crippen molar-refractivity contribution in [2.24, 2.45) is 0 Å². The Morgan fingerprint density at radius 2 is 1.92 bits per heavy atom. The number of amides is 2. The highest BCUT2D eigenvalue weighted by atomic mass is 35.5. The van der Waals surface area contributed by atoms with Gasteiger partial charge in [0.15, 0.2) is 5.60 Å². The van der Waals surface area contributed by atoms with E-state index in [1.807, 2.05) is 0 Å². The summed E-state index contributed by atoms with van der Waals surface area (Å²) in [5, 5.41) is 6.19. The molecule has 1 aliphatic heterocycles. The predicted molar refractivity (Wildman–Crippen MR) is 93.6 cm³/mol. The molecule has 2 amide bonds. The number of benzene rings is 2. The molecule has 0 atom stereocenters. The molecule has 0 radical (unpaired) electrons. The quantitative estimate of drug-likeness (QED) is 0.890. The third kappa shape index (κ3) is 3.51. The lowest BCUT2D eigenvalue weighted by Gasteiger charge is -2.25. The largest absolute Gasteiger partial charge is 0.478 e. The van der Waals surface area contributed by atoms with E-state index in [1.165, 1.54) is 0 Å². The molecule has 0 saturated heterocycles. The van der Waals surface area contributed by atoms with Gasteiger partial charge in [0.25, 0.3) is 5.91 Å². The van der Waals surface area contributed by atoms with Crippen molar-refractivity contribution in [3.05, 3.63) is 53.1 Å². The molecule has 0 spiro atoms. The summed E-state index contributed by atoms with van der Waals surface area (Å²) >= 11 is 5.85. The first-order valence-corrected chi connectivity index (χ1v) is 7.90. The second-order valence-corrected chi connectivity index (χ2v) is 6.55. The number of rotatable bonds is 4. The SMILES string of the molecule is CC(C)(Oc1ccc(Cl)cc1)C(=O)Nc1ccc2c(c1)CC(=O)N2. The average molecular weight is 345 g/mol. The Morgan fingerprint density at radius 3 is 2.62 bits per heavy atom. The summed E-state index contributed by atoms with van der Waals surface area (Å²) in [5.74, 6) is 0.234. The van der Waals surface area contributed by atoms with Gasteiger partial charge in [0.05, 0.1) is 6.42 Å². The zero-order chi connectivity index (χ0) is 17.3. The van der Waals surface area contributed by atoms with Crippen LogP contribution in [0.1, 0.15) is 19.4 Å². The van der Waals surface area contributed by atoms with Crippen molar-refractivity contribution in [3.8, 4) is 5.75 Å². The van der Waals surface area contributed by atoms with E-state index in [0.717, 1.165) is 11.3 Å². The van der Waals surface area contributed by atoms with Crippen LogP contribution >= 0.6 is 11.6 Å². The van der Waals surface area contributed by atoms with Crippen LogP contribution in [0.2, 0.25) is 5.02 Å². The van der Waals surface area contributed by atoms with Crippen LogP contribution in [0, 0.1) is 0 Å². The molecule has 1 heterocycles. The van der Waals surface area contributed by atoms with Gasteiger partial charge < -0.3 is 15.4 Å². The summed E-state index contributed by atoms with van der Waals surface area (Å²) in [5.41, 5.74) is 1.22. The normalized spacial score (nSPS) is 13.2. The first-order valence-electron chi connectivity index (χ1n) is 7.52. The van der Waals surface area contributed by atoms with Gasteiger partial charge in [-0.3, -0.25) is 9.59 Å². The number of hydrogen-bond donors (Lipinski definition) is 2. The van der Waals surface area contributed by atoms with Gasteiger partial charge >= 0.3 is 0 Å². The fourth-order valence-corrected chi connectivity index (χ4v) is 2.56. The number of anilines is 2. The van der Waals surface area contributed by atoms with Gasteiger partial charge in [-0.1, -0.05) is 11.6 Å². The second kappa shape index (κ2) is 6.17. The van der Waals surface area contributed by atoms with Crippen LogP contribution in [0.4, 0.5) is 11.4 Å². The number of nitrogens with one attached hydrogen (secondary N) is 2. The summed E-state index contributed by atoms with van der Waals surface area (Å²) < 4.78 is 5.76. The van der Waals surface area contributed by atoms with Gasteiger partial charge in [-0.2, -0.15) is 0 Å². The molecule has 6 heteroatoms. The number of carbonyl (C=O) groups excluding carboxylic acids is 2. The summed E-state index contributed by atoms with van der Waals surface area (Å²) in [6.45, 7) is 3.38. The van der Waals surface area contributed by atoms with Crippen molar-refractivity contribution >= 4 is 34.8 Å². The van der Waals surface area contributed by atoms with E-state index < -0.39 is 5.60 Å². The summed E-state index contributed by atoms with van der Waals surface area (Å²) in [6.07, 6.45) is 0.323. The lowest BCUT2D eigenvalue weighted by molar-refractivity contribution is -0.128. The minimum atomic E-state index is -1.07. The molecule has 0 aliphatic carbocycles. The van der Waals surface area contributed by atoms with Crippen LogP contribution in [-0.2, 0) is 16.0 Å². The van der Waals surface area contributed by atoms with Gasteiger partial charge in [-0.15, -0.1) is 0 Å². The van der Waals surface area contributed by atoms with Crippen LogP contribution < -0.4 is 15.4 Å². The van der Waals surface area contributed by atoms with Gasteiger partial charge in [0, 0.05) is 16.4 Å². The lowest BCUT2D eigenvalue weighted by atomic mass is 10.1. The Hall–Kier alpha value is -2.53. The number of hydrogen-bond acceptors (Lipinski definition) is 3. The predicted octanol–water partition coefficient (Wildman–Crippen LogP) is 3.63. The van der Waals surface area contributed by atoms with E-state index in [9.17, 15) is 9.59 Å². The molecule has 24 heavy (non-hydrogen) atoms. The highest BCUT2D eigenvalue weighted by Gasteiger charge is 2.30. The molecule has 2 N–H and O–H groups in total. The van der Waals surface area contributed by atoms with Gasteiger partial charge in [-0.05, 0) is 61.9 Å². The number of fused-ring (bicyclic) bond motifs is 1. The minimum absolute atomic E-state index is 0.0418. The molecular formula is C18H17ClN2O3. The first kappa shape index (κ1) is 16.3. The van der Waals surface area contributed by atoms with Crippen molar-refractivity contribution in [2.45, 2.75) is 25.9 Å². The van der Waals surface area contributed by atoms with Gasteiger partial charge in [0.2, 0.25) is 5.91 Å². The standard InChI is InChI=1S/C18H17ClN2O3/c1-18(2,24-14-6-3-12(19)4-7-14)17(23)20-13-5-8-15-11(9-13)10-16(22)21-15/h3-9H,10H2,1-2H3,(H,20,23)(H,21,22). The van der Waals surface area contributed by atoms with Crippen LogP contribution in [0.3, 0.4) is 0 Å². The van der Waals surface area contributed by atoms with E-state index in [4.69, 9.17) is 16.3 Å². The average Bonchev–Trinajstić information content (AvgIpc) is 2.88. The zero-order valence-electron chi connectivity index (χ0n) is 13.4. The molecule has 5 nitrogen and oxygen atoms in total. The summed E-state index contributed by atoms with van der Waals surface area (Å²) in [7, 11) is 0. The molecule has 1 aliphatic rings. The van der Waals surface area contributed by atoms with E-state index >= 15 is 0 Å². The number of halogens is 1. The molecule has 0 fully saturated rings. The van der Waals surface area contributed by atoms with Crippen LogP contribution in [0.5, 0.6) is 5.75 Å². The molecule has 124 valence electrons. The van der Waals surface area contributed by atoms with Crippen LogP contribution in [0.25, 0.3) is 0 Å². The van der Waals surface area contributed by atoms with E-state index in [2.05, 4.69) is 10.6 Å². The molecule has 0 saturated carbocycles. The zero-order valence-corrected chi connectivity index (χ0v) is 14.1. The Balaban J connectivity index is 1.70. The monoisotopic (exact) mass is 344 g/mol. The Kier molecular flexibility index (Phi) is 4.20. The van der Waals surface area contributed by atoms with E-state index in [-0.39, 0.29) is 11.8 Å². The van der Waals surface area contributed by atoms with Crippen LogP contribution in [-0.4, -0.2) is 17.4 Å². The van der Waals surface area contributed by atoms with E-state index in [1.54, 1.807) is 56.3 Å². The Bertz CT molecular complexity index is 800. The Morgan fingerprint density at radius 1 is 1.21 bits per heavy atom. The summed E-state index contributed by atoms with van der Waals surface area (Å²) in [6, 6.07) is 12.2. The van der Waals surface area contributed by atoms with Crippen molar-refractivity contribution in [1.82, 2.24) is 0 Å². The topological polar surface area (TPSA) is 67.4 Å². The second-order valence-electron chi connectivity index (χ2n) is 6.12. The number of ether oxygens (including phenoxy) is 1. The smallest absolute Gasteiger partial charge is 0.267 e. The highest BCUT2D eigenvalue weighted by Crippen LogP contribution is 2.27. The molecule has 2 aromatic rings. The van der Waals surface area contributed by atoms with Crippen molar-refractivity contribution in [2.75, 3.05) is 10.6 Å². The number of carbonyl (C=O) groups is 2. The van der Waals surface area contributed by atoms with Crippen molar-refractivity contribution in [3.63, 3.8) is 0 Å². The molecule has 3 rings (SSSR count). The van der Waals surface area contributed by atoms with Crippen molar-refractivity contribution < 1.29 is 14.3 Å². The molecule has 2 aromatic carbocycles. The fourth-order valence-electron chi connectivity index (χ4n) is 2.43. The highest BCUT2D eigenvalue weighted by molar-refractivity contribution is 6.30. The minimum Gasteiger partial charge on any atom is -0.478 e. The Labute approximate surface area is 145 Å². The van der Waals surface area contributed by atoms with E-state index in [0.29, 0.717) is 22.9 Å². The maximum absolute atomic E-state index is 12.5. The summed E-state index contributed by atoms with van der Waals surface area (Å²) in [4.78, 5) is 23.9. The fraction of sp³-hybridized carbons (Fsp3) is 0.222. The maximum Gasteiger partial charge on any atom is 0.267 e. The van der Waals surface area contributed by atoms with Gasteiger partial charge in [-0.25, -0.2) is 0 Å². The third-order valence-electron chi connectivity index (χ3n) is 3.72. The first-order chi connectivity index (χ1) is 11.3. The molecule has 0 bridgehead atoms. The van der Waals surface area contributed by atoms with Crippen LogP contribution in [0.15, 0.2) is 42.5 Å². The van der Waals surface area contributed by atoms with Crippen molar-refractivity contribution in [1.29, 1.82) is 0 Å². The molecular weight excluding hydrogens is 328 g/mol. The molecule has 0 unspecified atom stereocenters. The maximum atomic E-state index is 12.5. The lowest BCUT2D eigenvalue weighted by Crippen LogP contribution is -2.42. The molecule has 0 aromatic heterocycles. The third-order valence-corrected chi connectivity index (χ3v) is 3.97.